The van der Waals surface area contributed by atoms with Crippen LogP contribution in [0.3, 0.4) is 0 Å². The normalized spacial score (nSPS) is 11.1. The standard InChI is InChI=1S/2C20H18N2O2S.Ir/c2*1-3-22(4-2)14-10-9-13-11-15(20(23)24-17(13)12-14)19-21-16-7-5-6-8-18(16)25-19;/h2*5-12H,3-4H2,1-2H3;/q;;+3. The first kappa shape index (κ1) is 36.1. The van der Waals surface area contributed by atoms with Gasteiger partial charge in [-0.05, 0) is 88.4 Å². The predicted molar refractivity (Wildman–Crippen MR) is 209 cm³/mol. The molecule has 11 heteroatoms. The number of anilines is 2. The molecule has 0 aliphatic heterocycles. The van der Waals surface area contributed by atoms with Gasteiger partial charge in [0.2, 0.25) is 0 Å². The molecule has 0 aliphatic rings. The van der Waals surface area contributed by atoms with Crippen molar-refractivity contribution in [3.63, 3.8) is 0 Å². The summed E-state index contributed by atoms with van der Waals surface area (Å²) in [6.07, 6.45) is 0. The third-order valence-corrected chi connectivity index (χ3v) is 10.9. The van der Waals surface area contributed by atoms with Gasteiger partial charge in [0.15, 0.2) is 0 Å². The zero-order valence-electron chi connectivity index (χ0n) is 28.6. The Labute approximate surface area is 316 Å². The maximum Gasteiger partial charge on any atom is 3.00 e. The molecular formula is C40H36IrN4O4S2+3. The molecule has 0 saturated heterocycles. The van der Waals surface area contributed by atoms with E-state index in [1.165, 1.54) is 22.7 Å². The van der Waals surface area contributed by atoms with E-state index < -0.39 is 0 Å². The van der Waals surface area contributed by atoms with Crippen molar-refractivity contribution in [2.24, 2.45) is 0 Å². The van der Waals surface area contributed by atoms with Gasteiger partial charge < -0.3 is 18.6 Å². The quantitative estimate of drug-likeness (QED) is 0.139. The maximum absolute atomic E-state index is 12.5. The Kier molecular flexibility index (Phi) is 11.1. The third-order valence-electron chi connectivity index (χ3n) is 8.74. The Hall–Kier alpha value is -4.67. The van der Waals surface area contributed by atoms with E-state index in [0.717, 1.165) is 68.8 Å². The first-order valence-corrected chi connectivity index (χ1v) is 18.4. The molecule has 0 radical (unpaired) electrons. The van der Waals surface area contributed by atoms with Crippen LogP contribution in [0.4, 0.5) is 11.4 Å². The number of hydrogen-bond donors (Lipinski definition) is 0. The van der Waals surface area contributed by atoms with Crippen LogP contribution in [-0.4, -0.2) is 36.1 Å². The number of hydrogen-bond acceptors (Lipinski definition) is 10. The van der Waals surface area contributed by atoms with Crippen molar-refractivity contribution in [1.82, 2.24) is 9.97 Å². The van der Waals surface area contributed by atoms with E-state index in [1.807, 2.05) is 84.9 Å². The van der Waals surface area contributed by atoms with E-state index in [2.05, 4.69) is 59.6 Å². The number of para-hydroxylation sites is 2. The van der Waals surface area contributed by atoms with Crippen molar-refractivity contribution in [2.45, 2.75) is 27.7 Å². The monoisotopic (exact) mass is 893 g/mol. The number of rotatable bonds is 8. The van der Waals surface area contributed by atoms with Gasteiger partial charge in [-0.2, -0.15) is 0 Å². The Morgan fingerprint density at radius 3 is 1.31 bits per heavy atom. The Balaban J connectivity index is 0.000000172. The summed E-state index contributed by atoms with van der Waals surface area (Å²) in [6.45, 7) is 12.1. The summed E-state index contributed by atoms with van der Waals surface area (Å²) in [5, 5.41) is 3.21. The Morgan fingerprint density at radius 2 is 0.941 bits per heavy atom. The molecule has 0 spiro atoms. The van der Waals surface area contributed by atoms with E-state index >= 15 is 0 Å². The fraction of sp³-hybridized carbons (Fsp3) is 0.200. The average molecular weight is 893 g/mol. The molecule has 8 nitrogen and oxygen atoms in total. The molecule has 4 heterocycles. The molecule has 51 heavy (non-hydrogen) atoms. The van der Waals surface area contributed by atoms with Crippen molar-refractivity contribution < 1.29 is 28.9 Å². The summed E-state index contributed by atoms with van der Waals surface area (Å²) in [5.41, 5.74) is 5.50. The number of thiazole rings is 2. The van der Waals surface area contributed by atoms with E-state index in [0.29, 0.717) is 32.3 Å². The minimum Gasteiger partial charge on any atom is -0.422 e. The number of fused-ring (bicyclic) bond motifs is 4. The van der Waals surface area contributed by atoms with Crippen LogP contribution >= 0.6 is 22.7 Å². The summed E-state index contributed by atoms with van der Waals surface area (Å²) < 4.78 is 13.3. The summed E-state index contributed by atoms with van der Waals surface area (Å²) in [5.74, 6) is 0. The number of aromatic nitrogens is 2. The maximum atomic E-state index is 12.5. The van der Waals surface area contributed by atoms with Crippen LogP contribution in [0.15, 0.2) is 115 Å². The molecule has 0 N–H and O–H groups in total. The van der Waals surface area contributed by atoms with Gasteiger partial charge in [-0.25, -0.2) is 19.6 Å². The van der Waals surface area contributed by atoms with E-state index in [-0.39, 0.29) is 31.4 Å². The van der Waals surface area contributed by atoms with Gasteiger partial charge in [-0.1, -0.05) is 24.3 Å². The number of benzene rings is 4. The molecule has 0 unspecified atom stereocenters. The largest absolute Gasteiger partial charge is 3.00 e. The van der Waals surface area contributed by atoms with Crippen molar-refractivity contribution in [2.75, 3.05) is 36.0 Å². The van der Waals surface area contributed by atoms with Crippen LogP contribution in [-0.2, 0) is 20.1 Å². The fourth-order valence-corrected chi connectivity index (χ4v) is 7.98. The first-order chi connectivity index (χ1) is 24.4. The minimum absolute atomic E-state index is 0. The second-order valence-corrected chi connectivity index (χ2v) is 13.7. The van der Waals surface area contributed by atoms with Crippen LogP contribution in [0.2, 0.25) is 0 Å². The molecule has 4 aromatic carbocycles. The zero-order valence-corrected chi connectivity index (χ0v) is 32.7. The molecule has 4 aromatic heterocycles. The van der Waals surface area contributed by atoms with Crippen molar-refractivity contribution >= 4 is 76.4 Å². The fourth-order valence-electron chi connectivity index (χ4n) is 6.04. The predicted octanol–water partition coefficient (Wildman–Crippen LogP) is 9.83. The van der Waals surface area contributed by atoms with Crippen molar-refractivity contribution in [3.05, 3.63) is 118 Å². The van der Waals surface area contributed by atoms with Gasteiger partial charge in [0.25, 0.3) is 0 Å². The van der Waals surface area contributed by atoms with E-state index in [9.17, 15) is 9.59 Å². The van der Waals surface area contributed by atoms with Gasteiger partial charge in [0, 0.05) is 60.5 Å². The van der Waals surface area contributed by atoms with Crippen molar-refractivity contribution in [3.8, 4) is 21.1 Å². The molecular weight excluding hydrogens is 857 g/mol. The van der Waals surface area contributed by atoms with Gasteiger partial charge >= 0.3 is 31.4 Å². The SMILES string of the molecule is CCN(CC)c1ccc2cc(-c3nc4ccccc4s3)c(=O)oc2c1.CCN(CC)c1ccc2cc(-c3nc4ccccc4s3)c(=O)oc2c1.[Ir+3]. The van der Waals surface area contributed by atoms with Crippen LogP contribution in [0.25, 0.3) is 63.5 Å². The minimum atomic E-state index is -0.344. The Morgan fingerprint density at radius 1 is 0.549 bits per heavy atom. The van der Waals surface area contributed by atoms with Crippen LogP contribution in [0.1, 0.15) is 27.7 Å². The molecule has 0 amide bonds. The van der Waals surface area contributed by atoms with Gasteiger partial charge in [0.1, 0.15) is 21.2 Å². The van der Waals surface area contributed by atoms with Gasteiger partial charge in [-0.15, -0.1) is 22.7 Å². The molecule has 0 saturated carbocycles. The molecule has 8 rings (SSSR count). The van der Waals surface area contributed by atoms with Gasteiger partial charge in [0.05, 0.1) is 31.6 Å². The molecule has 0 aliphatic carbocycles. The first-order valence-electron chi connectivity index (χ1n) is 16.8. The smallest absolute Gasteiger partial charge is 0.422 e. The number of nitrogens with zero attached hydrogens (tertiary/aromatic N) is 4. The summed E-state index contributed by atoms with van der Waals surface area (Å²) in [6, 6.07) is 31.5. The molecule has 0 fully saturated rings. The topological polar surface area (TPSA) is 92.7 Å². The zero-order chi connectivity index (χ0) is 34.8. The van der Waals surface area contributed by atoms with Crippen LogP contribution in [0.5, 0.6) is 0 Å². The molecule has 8 aromatic rings. The second kappa shape index (κ2) is 15.7. The van der Waals surface area contributed by atoms with Crippen LogP contribution in [0, 0.1) is 0 Å². The van der Waals surface area contributed by atoms with Crippen molar-refractivity contribution in [1.29, 1.82) is 0 Å². The van der Waals surface area contributed by atoms with Crippen LogP contribution < -0.4 is 21.1 Å². The summed E-state index contributed by atoms with van der Waals surface area (Å²) >= 11 is 3.02. The third kappa shape index (κ3) is 7.39. The Bertz CT molecular complexity index is 2340. The van der Waals surface area contributed by atoms with Gasteiger partial charge in [-0.3, -0.25) is 0 Å². The average Bonchev–Trinajstić information content (AvgIpc) is 3.77. The molecule has 258 valence electrons. The van der Waals surface area contributed by atoms with E-state index in [1.54, 1.807) is 0 Å². The summed E-state index contributed by atoms with van der Waals surface area (Å²) in [4.78, 5) is 38.6. The molecule has 0 atom stereocenters. The molecule has 0 bridgehead atoms. The second-order valence-electron chi connectivity index (χ2n) is 11.7. The van der Waals surface area contributed by atoms with E-state index in [4.69, 9.17) is 8.83 Å². The summed E-state index contributed by atoms with van der Waals surface area (Å²) in [7, 11) is 0.